The highest BCUT2D eigenvalue weighted by Gasteiger charge is 2.09. The summed E-state index contributed by atoms with van der Waals surface area (Å²) in [4.78, 5) is 0. The number of hydrogen-bond acceptors (Lipinski definition) is 1. The maximum atomic E-state index is 6.01. The average molecular weight is 227 g/mol. The number of rotatable bonds is 11. The molecule has 98 valence electrons. The molecule has 0 rings (SSSR count). The van der Waals surface area contributed by atoms with Crippen LogP contribution in [0.2, 0.25) is 0 Å². The van der Waals surface area contributed by atoms with E-state index in [0.29, 0.717) is 12.0 Å². The van der Waals surface area contributed by atoms with Gasteiger partial charge < -0.3 is 5.73 Å². The van der Waals surface area contributed by atoms with Gasteiger partial charge in [-0.15, -0.1) is 0 Å². The first-order valence-corrected chi connectivity index (χ1v) is 7.47. The van der Waals surface area contributed by atoms with E-state index in [9.17, 15) is 0 Å². The van der Waals surface area contributed by atoms with Gasteiger partial charge in [0, 0.05) is 6.04 Å². The molecule has 2 atom stereocenters. The summed E-state index contributed by atoms with van der Waals surface area (Å²) in [6, 6.07) is 0.421. The summed E-state index contributed by atoms with van der Waals surface area (Å²) in [6.45, 7) is 6.77. The van der Waals surface area contributed by atoms with Gasteiger partial charge in [0.15, 0.2) is 0 Å². The zero-order chi connectivity index (χ0) is 12.2. The lowest BCUT2D eigenvalue weighted by Gasteiger charge is -2.17. The molecule has 0 heterocycles. The van der Waals surface area contributed by atoms with E-state index in [1.165, 1.54) is 57.8 Å². The number of hydrogen-bond donors (Lipinski definition) is 1. The van der Waals surface area contributed by atoms with Crippen molar-refractivity contribution >= 4 is 0 Å². The predicted molar refractivity (Wildman–Crippen MR) is 74.7 cm³/mol. The van der Waals surface area contributed by atoms with Gasteiger partial charge in [0.05, 0.1) is 0 Å². The second-order valence-corrected chi connectivity index (χ2v) is 5.31. The van der Waals surface area contributed by atoms with Crippen LogP contribution in [-0.2, 0) is 0 Å². The standard InChI is InChI=1S/C15H33N/c1-4-6-7-8-9-10-11-12-13-14(3)15(16)5-2/h14-15H,4-13,16H2,1-3H3. The molecule has 1 heteroatoms. The molecule has 0 aromatic carbocycles. The van der Waals surface area contributed by atoms with Gasteiger partial charge in [0.1, 0.15) is 0 Å². The third-order valence-corrected chi connectivity index (χ3v) is 3.72. The van der Waals surface area contributed by atoms with Crippen molar-refractivity contribution in [1.29, 1.82) is 0 Å². The monoisotopic (exact) mass is 227 g/mol. The van der Waals surface area contributed by atoms with E-state index in [0.717, 1.165) is 6.42 Å². The van der Waals surface area contributed by atoms with E-state index >= 15 is 0 Å². The maximum Gasteiger partial charge on any atom is 0.00619 e. The molecule has 0 radical (unpaired) electrons. The molecule has 0 bridgehead atoms. The fourth-order valence-corrected chi connectivity index (χ4v) is 2.22. The minimum absolute atomic E-state index is 0.421. The van der Waals surface area contributed by atoms with Crippen molar-refractivity contribution in [3.05, 3.63) is 0 Å². The molecule has 0 spiro atoms. The first kappa shape index (κ1) is 16.0. The highest BCUT2D eigenvalue weighted by molar-refractivity contribution is 4.67. The fourth-order valence-electron chi connectivity index (χ4n) is 2.22. The van der Waals surface area contributed by atoms with Crippen LogP contribution >= 0.6 is 0 Å². The maximum absolute atomic E-state index is 6.01. The summed E-state index contributed by atoms with van der Waals surface area (Å²) in [5, 5.41) is 0. The Morgan fingerprint density at radius 3 is 1.81 bits per heavy atom. The Labute approximate surface area is 103 Å². The lowest BCUT2D eigenvalue weighted by molar-refractivity contribution is 0.397. The van der Waals surface area contributed by atoms with Crippen molar-refractivity contribution < 1.29 is 0 Å². The van der Waals surface area contributed by atoms with E-state index in [1.807, 2.05) is 0 Å². The lowest BCUT2D eigenvalue weighted by Crippen LogP contribution is -2.27. The van der Waals surface area contributed by atoms with Crippen molar-refractivity contribution in [1.82, 2.24) is 0 Å². The molecule has 0 amide bonds. The van der Waals surface area contributed by atoms with Crippen LogP contribution in [0.1, 0.15) is 85.0 Å². The third-order valence-electron chi connectivity index (χ3n) is 3.72. The summed E-state index contributed by atoms with van der Waals surface area (Å²) in [5.74, 6) is 0.713. The smallest absolute Gasteiger partial charge is 0.00619 e. The highest BCUT2D eigenvalue weighted by Crippen LogP contribution is 2.15. The van der Waals surface area contributed by atoms with Crippen molar-refractivity contribution in [2.75, 3.05) is 0 Å². The van der Waals surface area contributed by atoms with Gasteiger partial charge in [0.25, 0.3) is 0 Å². The van der Waals surface area contributed by atoms with Crippen molar-refractivity contribution in [2.45, 2.75) is 91.0 Å². The highest BCUT2D eigenvalue weighted by atomic mass is 14.6. The molecule has 1 nitrogen and oxygen atoms in total. The molecule has 0 aliphatic rings. The van der Waals surface area contributed by atoms with Crippen LogP contribution in [0.15, 0.2) is 0 Å². The van der Waals surface area contributed by atoms with Gasteiger partial charge in [-0.25, -0.2) is 0 Å². The summed E-state index contributed by atoms with van der Waals surface area (Å²) in [6.07, 6.45) is 13.8. The lowest BCUT2D eigenvalue weighted by atomic mass is 9.94. The summed E-state index contributed by atoms with van der Waals surface area (Å²) in [5.41, 5.74) is 6.01. The van der Waals surface area contributed by atoms with E-state index in [4.69, 9.17) is 5.73 Å². The van der Waals surface area contributed by atoms with E-state index in [-0.39, 0.29) is 0 Å². The average Bonchev–Trinajstić information content (AvgIpc) is 2.31. The molecule has 0 aliphatic heterocycles. The quantitative estimate of drug-likeness (QED) is 0.500. The van der Waals surface area contributed by atoms with Crippen LogP contribution in [0.3, 0.4) is 0 Å². The largest absolute Gasteiger partial charge is 0.327 e. The molecular formula is C15H33N. The van der Waals surface area contributed by atoms with Crippen LogP contribution in [0.4, 0.5) is 0 Å². The minimum atomic E-state index is 0.421. The van der Waals surface area contributed by atoms with Gasteiger partial charge >= 0.3 is 0 Å². The number of unbranched alkanes of at least 4 members (excludes halogenated alkanes) is 7. The zero-order valence-corrected chi connectivity index (χ0v) is 11.8. The second-order valence-electron chi connectivity index (χ2n) is 5.31. The molecule has 0 aromatic rings. The zero-order valence-electron chi connectivity index (χ0n) is 11.8. The normalized spacial score (nSPS) is 15.0. The third kappa shape index (κ3) is 9.21. The Morgan fingerprint density at radius 2 is 1.31 bits per heavy atom. The first-order valence-electron chi connectivity index (χ1n) is 7.47. The van der Waals surface area contributed by atoms with Crippen molar-refractivity contribution in [3.8, 4) is 0 Å². The van der Waals surface area contributed by atoms with Crippen molar-refractivity contribution in [2.24, 2.45) is 11.7 Å². The molecule has 0 saturated carbocycles. The van der Waals surface area contributed by atoms with E-state index in [2.05, 4.69) is 20.8 Å². The topological polar surface area (TPSA) is 26.0 Å². The Bertz CT molecular complexity index is 133. The van der Waals surface area contributed by atoms with Crippen LogP contribution in [0, 0.1) is 5.92 Å². The van der Waals surface area contributed by atoms with Crippen LogP contribution in [-0.4, -0.2) is 6.04 Å². The van der Waals surface area contributed by atoms with Gasteiger partial charge in [-0.3, -0.25) is 0 Å². The Hall–Kier alpha value is -0.0400. The van der Waals surface area contributed by atoms with Gasteiger partial charge in [-0.05, 0) is 18.8 Å². The summed E-state index contributed by atoms with van der Waals surface area (Å²) < 4.78 is 0. The summed E-state index contributed by atoms with van der Waals surface area (Å²) >= 11 is 0. The molecule has 0 saturated heterocycles. The van der Waals surface area contributed by atoms with Crippen LogP contribution in [0.25, 0.3) is 0 Å². The Kier molecular flexibility index (Phi) is 11.4. The SMILES string of the molecule is CCCCCCCCCCC(C)C(N)CC. The van der Waals surface area contributed by atoms with Crippen LogP contribution < -0.4 is 5.73 Å². The fraction of sp³-hybridized carbons (Fsp3) is 1.00. The van der Waals surface area contributed by atoms with Gasteiger partial charge in [0.2, 0.25) is 0 Å². The van der Waals surface area contributed by atoms with Crippen LogP contribution in [0.5, 0.6) is 0 Å². The van der Waals surface area contributed by atoms with E-state index < -0.39 is 0 Å². The molecule has 16 heavy (non-hydrogen) atoms. The molecular weight excluding hydrogens is 194 g/mol. The second kappa shape index (κ2) is 11.4. The summed E-state index contributed by atoms with van der Waals surface area (Å²) in [7, 11) is 0. The Morgan fingerprint density at radius 1 is 0.812 bits per heavy atom. The minimum Gasteiger partial charge on any atom is -0.327 e. The molecule has 0 aliphatic carbocycles. The predicted octanol–water partition coefficient (Wildman–Crippen LogP) is 4.89. The molecule has 2 N–H and O–H groups in total. The van der Waals surface area contributed by atoms with Gasteiger partial charge in [-0.2, -0.15) is 0 Å². The number of nitrogens with two attached hydrogens (primary N) is 1. The first-order chi connectivity index (χ1) is 7.72. The Balaban J connectivity index is 3.14. The molecule has 0 fully saturated rings. The van der Waals surface area contributed by atoms with E-state index in [1.54, 1.807) is 0 Å². The van der Waals surface area contributed by atoms with Gasteiger partial charge in [-0.1, -0.05) is 72.1 Å². The molecule has 2 unspecified atom stereocenters. The molecule has 0 aromatic heterocycles. The van der Waals surface area contributed by atoms with Crippen molar-refractivity contribution in [3.63, 3.8) is 0 Å².